The van der Waals surface area contributed by atoms with Gasteiger partial charge in [-0.25, -0.2) is 4.79 Å². The quantitative estimate of drug-likeness (QED) is 0.552. The number of nitrogens with one attached hydrogen (secondary N) is 1. The second-order valence-corrected chi connectivity index (χ2v) is 4.89. The first-order chi connectivity index (χ1) is 9.60. The van der Waals surface area contributed by atoms with E-state index < -0.39 is 23.8 Å². The maximum atomic E-state index is 13.3. The summed E-state index contributed by atoms with van der Waals surface area (Å²) in [6, 6.07) is 0. The molecule has 0 radical (unpaired) electrons. The predicted octanol–water partition coefficient (Wildman–Crippen LogP) is 2.40. The van der Waals surface area contributed by atoms with Gasteiger partial charge in [0, 0.05) is 6.42 Å². The van der Waals surface area contributed by atoms with Crippen LogP contribution in [0.25, 0.3) is 0 Å². The number of carbonyl (C=O) groups is 2. The number of rotatable bonds is 8. The summed E-state index contributed by atoms with van der Waals surface area (Å²) in [5, 5.41) is 1.66. The number of ether oxygens (including phenoxy) is 2. The maximum Gasteiger partial charge on any atom is 0.448 e. The lowest BCUT2D eigenvalue weighted by Crippen LogP contribution is -2.66. The van der Waals surface area contributed by atoms with Gasteiger partial charge in [-0.2, -0.15) is 13.2 Å². The summed E-state index contributed by atoms with van der Waals surface area (Å²) in [6.45, 7) is 5.70. The van der Waals surface area contributed by atoms with E-state index >= 15 is 0 Å². The number of hydrogen-bond donors (Lipinski definition) is 1. The molecule has 0 aromatic carbocycles. The molecule has 21 heavy (non-hydrogen) atoms. The smallest absolute Gasteiger partial charge is 0.448 e. The summed E-state index contributed by atoms with van der Waals surface area (Å²) in [7, 11) is 0. The van der Waals surface area contributed by atoms with Gasteiger partial charge >= 0.3 is 17.9 Å². The predicted molar refractivity (Wildman–Crippen MR) is 69.3 cm³/mol. The fraction of sp³-hybridized carbons (Fsp3) is 0.846. The van der Waals surface area contributed by atoms with Crippen molar-refractivity contribution in [2.24, 2.45) is 5.92 Å². The highest BCUT2D eigenvalue weighted by Gasteiger charge is 2.64. The normalized spacial score (nSPS) is 14.7. The fourth-order valence-electron chi connectivity index (χ4n) is 1.52. The summed E-state index contributed by atoms with van der Waals surface area (Å²) < 4.78 is 49.1. The Labute approximate surface area is 122 Å². The first-order valence-corrected chi connectivity index (χ1v) is 6.79. The minimum absolute atomic E-state index is 0.160. The molecule has 1 amide bonds. The second-order valence-electron chi connectivity index (χ2n) is 4.89. The zero-order valence-electron chi connectivity index (χ0n) is 12.7. The zero-order chi connectivity index (χ0) is 16.7. The molecule has 0 rings (SSSR count). The van der Waals surface area contributed by atoms with Crippen molar-refractivity contribution in [1.29, 1.82) is 0 Å². The van der Waals surface area contributed by atoms with Crippen LogP contribution in [-0.4, -0.2) is 37.0 Å². The van der Waals surface area contributed by atoms with Crippen LogP contribution in [0.2, 0.25) is 0 Å². The van der Waals surface area contributed by atoms with Crippen molar-refractivity contribution in [3.05, 3.63) is 0 Å². The van der Waals surface area contributed by atoms with Crippen molar-refractivity contribution in [2.45, 2.75) is 52.4 Å². The number of esters is 1. The molecule has 0 aliphatic carbocycles. The lowest BCUT2D eigenvalue weighted by atomic mass is 10.1. The highest BCUT2D eigenvalue weighted by atomic mass is 19.4. The summed E-state index contributed by atoms with van der Waals surface area (Å²) in [4.78, 5) is 23.4. The van der Waals surface area contributed by atoms with Gasteiger partial charge in [-0.3, -0.25) is 4.79 Å². The molecule has 0 aromatic heterocycles. The van der Waals surface area contributed by atoms with Gasteiger partial charge in [-0.15, -0.1) is 0 Å². The van der Waals surface area contributed by atoms with Crippen molar-refractivity contribution in [1.82, 2.24) is 5.32 Å². The van der Waals surface area contributed by atoms with E-state index in [2.05, 4.69) is 9.47 Å². The Morgan fingerprint density at radius 1 is 1.19 bits per heavy atom. The van der Waals surface area contributed by atoms with E-state index in [0.717, 1.165) is 0 Å². The van der Waals surface area contributed by atoms with E-state index in [4.69, 9.17) is 0 Å². The number of halogens is 3. The molecule has 1 N–H and O–H groups in total. The molecule has 5 nitrogen and oxygen atoms in total. The Hall–Kier alpha value is -1.31. The molecule has 0 aromatic rings. The van der Waals surface area contributed by atoms with E-state index in [9.17, 15) is 22.8 Å². The third-order valence-corrected chi connectivity index (χ3v) is 2.39. The van der Waals surface area contributed by atoms with Crippen LogP contribution in [0.1, 0.15) is 40.5 Å². The van der Waals surface area contributed by atoms with E-state index in [1.54, 1.807) is 26.1 Å². The van der Waals surface area contributed by atoms with Crippen LogP contribution in [0.3, 0.4) is 0 Å². The monoisotopic (exact) mass is 313 g/mol. The Kier molecular flexibility index (Phi) is 7.70. The molecule has 124 valence electrons. The summed E-state index contributed by atoms with van der Waals surface area (Å²) in [6.07, 6.45) is -5.04. The van der Waals surface area contributed by atoms with Gasteiger partial charge in [-0.05, 0) is 19.3 Å². The lowest BCUT2D eigenvalue weighted by Gasteiger charge is -2.33. The number of hydrogen-bond acceptors (Lipinski definition) is 4. The minimum atomic E-state index is -5.12. The number of amides is 1. The van der Waals surface area contributed by atoms with Gasteiger partial charge in [0.25, 0.3) is 0 Å². The maximum absolute atomic E-state index is 13.3. The van der Waals surface area contributed by atoms with Gasteiger partial charge in [0.05, 0.1) is 13.2 Å². The third-order valence-electron chi connectivity index (χ3n) is 2.39. The molecule has 0 fully saturated rings. The van der Waals surface area contributed by atoms with Gasteiger partial charge < -0.3 is 14.8 Å². The second kappa shape index (κ2) is 8.21. The first kappa shape index (κ1) is 19.7. The Bertz CT molecular complexity index is 358. The van der Waals surface area contributed by atoms with E-state index in [1.165, 1.54) is 6.92 Å². The van der Waals surface area contributed by atoms with Crippen LogP contribution in [-0.2, 0) is 19.1 Å². The van der Waals surface area contributed by atoms with Crippen molar-refractivity contribution in [3.63, 3.8) is 0 Å². The molecule has 0 saturated heterocycles. The number of carbonyl (C=O) groups excluding carboxylic acids is 2. The average Bonchev–Trinajstić information content (AvgIpc) is 2.32. The standard InChI is InChI=1S/C13H22F3NO4/c1-5-7-21-12(13(14,15)16,11(19)20-6-2)17-10(18)8-9(3)4/h9H,5-8H2,1-4H3,(H,17,18)/t12-/m0/s1. The third kappa shape index (κ3) is 5.53. The van der Waals surface area contributed by atoms with Crippen molar-refractivity contribution in [3.8, 4) is 0 Å². The van der Waals surface area contributed by atoms with Crippen LogP contribution in [0, 0.1) is 5.92 Å². The number of alkyl halides is 3. The molecule has 0 aliphatic heterocycles. The molecule has 1 atom stereocenters. The van der Waals surface area contributed by atoms with Crippen LogP contribution in [0.4, 0.5) is 13.2 Å². The molecule has 0 saturated carbocycles. The Balaban J connectivity index is 5.45. The van der Waals surface area contributed by atoms with Crippen LogP contribution < -0.4 is 5.32 Å². The molecule has 0 aliphatic rings. The molecular weight excluding hydrogens is 291 g/mol. The highest BCUT2D eigenvalue weighted by Crippen LogP contribution is 2.33. The summed E-state index contributed by atoms with van der Waals surface area (Å²) in [5.41, 5.74) is -3.45. The van der Waals surface area contributed by atoms with Gasteiger partial charge in [0.1, 0.15) is 0 Å². The first-order valence-electron chi connectivity index (χ1n) is 6.79. The Morgan fingerprint density at radius 3 is 2.14 bits per heavy atom. The highest BCUT2D eigenvalue weighted by molar-refractivity contribution is 5.87. The van der Waals surface area contributed by atoms with E-state index in [1.807, 2.05) is 0 Å². The largest absolute Gasteiger partial charge is 0.462 e. The molecular formula is C13H22F3NO4. The lowest BCUT2D eigenvalue weighted by molar-refractivity contribution is -0.286. The van der Waals surface area contributed by atoms with Crippen LogP contribution >= 0.6 is 0 Å². The van der Waals surface area contributed by atoms with E-state index in [0.29, 0.717) is 0 Å². The van der Waals surface area contributed by atoms with Crippen LogP contribution in [0.5, 0.6) is 0 Å². The van der Waals surface area contributed by atoms with Crippen LogP contribution in [0.15, 0.2) is 0 Å². The Morgan fingerprint density at radius 2 is 1.76 bits per heavy atom. The van der Waals surface area contributed by atoms with Gasteiger partial charge in [0.2, 0.25) is 5.91 Å². The van der Waals surface area contributed by atoms with Crippen molar-refractivity contribution >= 4 is 11.9 Å². The molecule has 8 heteroatoms. The molecule has 0 unspecified atom stereocenters. The summed E-state index contributed by atoms with van der Waals surface area (Å²) >= 11 is 0. The fourth-order valence-corrected chi connectivity index (χ4v) is 1.52. The average molecular weight is 313 g/mol. The minimum Gasteiger partial charge on any atom is -0.462 e. The topological polar surface area (TPSA) is 64.6 Å². The molecule has 0 bridgehead atoms. The molecule has 0 heterocycles. The zero-order valence-corrected chi connectivity index (χ0v) is 12.7. The summed E-state index contributed by atoms with van der Waals surface area (Å²) in [5.74, 6) is -2.75. The van der Waals surface area contributed by atoms with Gasteiger partial charge in [0.15, 0.2) is 0 Å². The van der Waals surface area contributed by atoms with Crippen molar-refractivity contribution < 1.29 is 32.2 Å². The van der Waals surface area contributed by atoms with Crippen molar-refractivity contribution in [2.75, 3.05) is 13.2 Å². The SMILES string of the molecule is CCCO[C@@](NC(=O)CC(C)C)(C(=O)OCC)C(F)(F)F. The van der Waals surface area contributed by atoms with Gasteiger partial charge in [-0.1, -0.05) is 20.8 Å². The van der Waals surface area contributed by atoms with E-state index in [-0.39, 0.29) is 32.0 Å². The molecule has 0 spiro atoms.